The van der Waals surface area contributed by atoms with E-state index in [1.807, 2.05) is 11.1 Å². The Morgan fingerprint density at radius 3 is 2.71 bits per heavy atom. The zero-order valence-electron chi connectivity index (χ0n) is 12.2. The van der Waals surface area contributed by atoms with Gasteiger partial charge in [0.05, 0.1) is 6.04 Å². The minimum absolute atomic E-state index is 0. The molecule has 0 aliphatic carbocycles. The fourth-order valence-corrected chi connectivity index (χ4v) is 3.06. The molecule has 0 saturated carbocycles. The molecule has 1 atom stereocenters. The largest absolute Gasteiger partial charge is 0.348 e. The number of nitrogens with one attached hydrogen (secondary N) is 1. The second kappa shape index (κ2) is 10.3. The monoisotopic (exact) mass is 354 g/mol. The van der Waals surface area contributed by atoms with Crippen molar-refractivity contribution in [1.82, 2.24) is 14.9 Å². The molecule has 0 spiro atoms. The van der Waals surface area contributed by atoms with Crippen molar-refractivity contribution in [2.45, 2.75) is 31.7 Å². The average Bonchev–Trinajstić information content (AvgIpc) is 2.98. The van der Waals surface area contributed by atoms with Gasteiger partial charge < -0.3 is 15.6 Å². The zero-order valence-corrected chi connectivity index (χ0v) is 14.6. The number of piperidine rings is 1. The number of rotatable bonds is 5. The van der Waals surface area contributed by atoms with Crippen molar-refractivity contribution < 1.29 is 4.79 Å². The number of nitrogens with zero attached hydrogens (tertiary/aromatic N) is 2. The zero-order chi connectivity index (χ0) is 13.7. The topological polar surface area (TPSA) is 75.0 Å². The van der Waals surface area contributed by atoms with E-state index in [1.54, 1.807) is 18.0 Å². The van der Waals surface area contributed by atoms with Crippen molar-refractivity contribution in [3.8, 4) is 0 Å². The molecule has 1 aliphatic heterocycles. The Bertz CT molecular complexity index is 397. The Labute approximate surface area is 142 Å². The van der Waals surface area contributed by atoms with Crippen LogP contribution in [0.5, 0.6) is 0 Å². The van der Waals surface area contributed by atoms with Gasteiger partial charge in [-0.3, -0.25) is 4.79 Å². The molecule has 1 aromatic heterocycles. The molecule has 0 aromatic carbocycles. The summed E-state index contributed by atoms with van der Waals surface area (Å²) in [7, 11) is 0. The highest BCUT2D eigenvalue weighted by molar-refractivity contribution is 7.99. The Morgan fingerprint density at radius 1 is 1.52 bits per heavy atom. The summed E-state index contributed by atoms with van der Waals surface area (Å²) in [5.74, 6) is 3.30. The highest BCUT2D eigenvalue weighted by Crippen LogP contribution is 2.25. The van der Waals surface area contributed by atoms with Crippen LogP contribution >= 0.6 is 36.6 Å². The van der Waals surface area contributed by atoms with Crippen molar-refractivity contribution in [3.63, 3.8) is 0 Å². The van der Waals surface area contributed by atoms with E-state index in [4.69, 9.17) is 5.73 Å². The number of H-pyrrole nitrogens is 1. The number of carbonyl (C=O) groups is 1. The second-order valence-electron chi connectivity index (χ2n) is 4.84. The number of carbonyl (C=O) groups excluding carboxylic acids is 1. The van der Waals surface area contributed by atoms with Gasteiger partial charge in [0.25, 0.3) is 0 Å². The normalized spacial score (nSPS) is 16.8. The molecule has 8 heteroatoms. The molecule has 1 aromatic rings. The van der Waals surface area contributed by atoms with Crippen molar-refractivity contribution >= 4 is 42.5 Å². The van der Waals surface area contributed by atoms with Crippen LogP contribution in [0.3, 0.4) is 0 Å². The van der Waals surface area contributed by atoms with Gasteiger partial charge in [-0.05, 0) is 18.6 Å². The minimum atomic E-state index is -0.356. The van der Waals surface area contributed by atoms with Crippen LogP contribution in [-0.2, 0) is 4.79 Å². The Balaban J connectivity index is 0.00000200. The lowest BCUT2D eigenvalue weighted by atomic mass is 9.96. The second-order valence-corrected chi connectivity index (χ2v) is 6.16. The SMILES string of the molecule is CCSC[C@H](N)C(=O)N1CCC(c2ncc[nH]2)CC1.Cl.Cl. The first-order chi connectivity index (χ1) is 9.22. The summed E-state index contributed by atoms with van der Waals surface area (Å²) in [5, 5.41) is 0. The van der Waals surface area contributed by atoms with E-state index in [1.165, 1.54) is 0 Å². The summed E-state index contributed by atoms with van der Waals surface area (Å²) < 4.78 is 0. The molecule has 2 rings (SSSR count). The van der Waals surface area contributed by atoms with Crippen molar-refractivity contribution in [2.75, 3.05) is 24.6 Å². The number of likely N-dealkylation sites (tertiary alicyclic amines) is 1. The molecule has 0 bridgehead atoms. The van der Waals surface area contributed by atoms with Gasteiger partial charge >= 0.3 is 0 Å². The minimum Gasteiger partial charge on any atom is -0.348 e. The highest BCUT2D eigenvalue weighted by Gasteiger charge is 2.27. The highest BCUT2D eigenvalue weighted by atomic mass is 35.5. The smallest absolute Gasteiger partial charge is 0.240 e. The first kappa shape index (κ1) is 20.6. The maximum absolute atomic E-state index is 12.2. The fourth-order valence-electron chi connectivity index (χ4n) is 2.42. The van der Waals surface area contributed by atoms with Gasteiger partial charge in [0.15, 0.2) is 0 Å². The number of hydrogen-bond donors (Lipinski definition) is 2. The van der Waals surface area contributed by atoms with Crippen LogP contribution < -0.4 is 5.73 Å². The van der Waals surface area contributed by atoms with E-state index in [0.717, 1.165) is 37.5 Å². The number of hydrogen-bond acceptors (Lipinski definition) is 4. The van der Waals surface area contributed by atoms with Gasteiger partial charge in [-0.1, -0.05) is 6.92 Å². The van der Waals surface area contributed by atoms with Gasteiger partial charge in [-0.25, -0.2) is 4.98 Å². The predicted octanol–water partition coefficient (Wildman–Crippen LogP) is 2.04. The molecular weight excluding hydrogens is 331 g/mol. The van der Waals surface area contributed by atoms with Crippen LogP contribution in [0.1, 0.15) is 31.5 Å². The van der Waals surface area contributed by atoms with Crippen LogP contribution in [0.4, 0.5) is 0 Å². The maximum Gasteiger partial charge on any atom is 0.240 e. The molecule has 3 N–H and O–H groups in total. The van der Waals surface area contributed by atoms with Crippen LogP contribution in [0.2, 0.25) is 0 Å². The van der Waals surface area contributed by atoms with Gasteiger partial charge in [0, 0.05) is 37.2 Å². The number of aromatic nitrogens is 2. The van der Waals surface area contributed by atoms with E-state index < -0.39 is 0 Å². The van der Waals surface area contributed by atoms with E-state index in [0.29, 0.717) is 11.7 Å². The van der Waals surface area contributed by atoms with Gasteiger partial charge in [-0.2, -0.15) is 11.8 Å². The molecular formula is C13H24Cl2N4OS. The predicted molar refractivity (Wildman–Crippen MR) is 92.6 cm³/mol. The number of amides is 1. The third kappa shape index (κ3) is 5.70. The van der Waals surface area contributed by atoms with Gasteiger partial charge in [0.2, 0.25) is 5.91 Å². The Kier molecular flexibility index (Phi) is 10.1. The molecule has 21 heavy (non-hydrogen) atoms. The van der Waals surface area contributed by atoms with E-state index in [2.05, 4.69) is 16.9 Å². The van der Waals surface area contributed by atoms with Crippen LogP contribution in [0, 0.1) is 0 Å². The number of aromatic amines is 1. The van der Waals surface area contributed by atoms with Crippen LogP contribution in [-0.4, -0.2) is 51.4 Å². The first-order valence-corrected chi connectivity index (χ1v) is 7.99. The maximum atomic E-state index is 12.2. The summed E-state index contributed by atoms with van der Waals surface area (Å²) in [5.41, 5.74) is 5.93. The van der Waals surface area contributed by atoms with Gasteiger partial charge in [-0.15, -0.1) is 24.8 Å². The molecule has 1 amide bonds. The number of imidazole rings is 1. The molecule has 5 nitrogen and oxygen atoms in total. The van der Waals surface area contributed by atoms with Gasteiger partial charge in [0.1, 0.15) is 5.82 Å². The first-order valence-electron chi connectivity index (χ1n) is 6.83. The standard InChI is InChI=1S/C13H22N4OS.2ClH/c1-2-19-9-11(14)13(18)17-7-3-10(4-8-17)12-15-5-6-16-12;;/h5-6,10-11H,2-4,7-9,14H2,1H3,(H,15,16);2*1H/t11-;;/m0../s1. The van der Waals surface area contributed by atoms with E-state index in [-0.39, 0.29) is 36.8 Å². The summed E-state index contributed by atoms with van der Waals surface area (Å²) in [6, 6.07) is -0.356. The Morgan fingerprint density at radius 2 is 2.19 bits per heavy atom. The fraction of sp³-hybridized carbons (Fsp3) is 0.692. The lowest BCUT2D eigenvalue weighted by Gasteiger charge is -2.32. The molecule has 1 aliphatic rings. The van der Waals surface area contributed by atoms with Crippen molar-refractivity contribution in [2.24, 2.45) is 5.73 Å². The van der Waals surface area contributed by atoms with Crippen molar-refractivity contribution in [1.29, 1.82) is 0 Å². The molecule has 1 saturated heterocycles. The number of nitrogens with two attached hydrogens (primary N) is 1. The molecule has 1 fully saturated rings. The summed E-state index contributed by atoms with van der Waals surface area (Å²) in [4.78, 5) is 21.5. The number of thioether (sulfide) groups is 1. The van der Waals surface area contributed by atoms with Crippen LogP contribution in [0.25, 0.3) is 0 Å². The molecule has 122 valence electrons. The Hall–Kier alpha value is -0.430. The average molecular weight is 355 g/mol. The summed E-state index contributed by atoms with van der Waals surface area (Å²) >= 11 is 1.72. The van der Waals surface area contributed by atoms with E-state index in [9.17, 15) is 4.79 Å². The summed E-state index contributed by atoms with van der Waals surface area (Å²) in [6.07, 6.45) is 5.56. The third-order valence-corrected chi connectivity index (χ3v) is 4.53. The third-order valence-electron chi connectivity index (χ3n) is 3.53. The van der Waals surface area contributed by atoms with E-state index >= 15 is 0 Å². The number of halogens is 2. The summed E-state index contributed by atoms with van der Waals surface area (Å²) in [6.45, 7) is 3.65. The quantitative estimate of drug-likeness (QED) is 0.848. The molecule has 0 radical (unpaired) electrons. The lowest BCUT2D eigenvalue weighted by Crippen LogP contribution is -2.48. The molecule has 2 heterocycles. The van der Waals surface area contributed by atoms with Crippen molar-refractivity contribution in [3.05, 3.63) is 18.2 Å². The molecule has 0 unspecified atom stereocenters. The van der Waals surface area contributed by atoms with Crippen LogP contribution in [0.15, 0.2) is 12.4 Å². The lowest BCUT2D eigenvalue weighted by molar-refractivity contribution is -0.133.